The lowest BCUT2D eigenvalue weighted by molar-refractivity contribution is -0.383. The van der Waals surface area contributed by atoms with Gasteiger partial charge in [-0.15, -0.1) is 0 Å². The van der Waals surface area contributed by atoms with Crippen LogP contribution < -0.4 is 10.6 Å². The zero-order valence-corrected chi connectivity index (χ0v) is 10.5. The monoisotopic (exact) mass is 251 g/mol. The van der Waals surface area contributed by atoms with Crippen LogP contribution in [-0.4, -0.2) is 28.0 Å². The molecule has 1 aliphatic heterocycles. The van der Waals surface area contributed by atoms with Crippen LogP contribution >= 0.6 is 0 Å². The average molecular weight is 251 g/mol. The normalized spacial score (nSPS) is 24.0. The van der Waals surface area contributed by atoms with Crippen LogP contribution in [0, 0.1) is 22.0 Å². The first-order chi connectivity index (χ1) is 8.49. The molecule has 1 saturated heterocycles. The molecule has 2 rings (SSSR count). The summed E-state index contributed by atoms with van der Waals surface area (Å²) in [5, 5.41) is 11.1. The molecule has 0 spiro atoms. The number of rotatable bonds is 2. The molecular weight excluding hydrogens is 234 g/mol. The highest BCUT2D eigenvalue weighted by molar-refractivity contribution is 5.68. The molecule has 0 aromatic carbocycles. The van der Waals surface area contributed by atoms with E-state index in [1.165, 1.54) is 6.33 Å². The molecule has 98 valence electrons. The van der Waals surface area contributed by atoms with Crippen molar-refractivity contribution in [1.82, 2.24) is 9.97 Å². The number of nitrogen functional groups attached to an aromatic ring is 1. The average Bonchev–Trinajstić information content (AvgIpc) is 2.26. The summed E-state index contributed by atoms with van der Waals surface area (Å²) in [7, 11) is 0. The van der Waals surface area contributed by atoms with Crippen LogP contribution in [0.1, 0.15) is 20.3 Å². The molecule has 1 aromatic rings. The molecule has 1 fully saturated rings. The van der Waals surface area contributed by atoms with E-state index in [0.29, 0.717) is 17.7 Å². The maximum atomic E-state index is 11.1. The Balaban J connectivity index is 2.38. The van der Waals surface area contributed by atoms with E-state index in [4.69, 9.17) is 5.73 Å². The molecular formula is C11H17N5O2. The number of anilines is 2. The number of hydrogen-bond acceptors (Lipinski definition) is 6. The standard InChI is InChI=1S/C11H17N5O2/c1-7-3-8(2)5-15(4-7)11-9(16(17)18)10(12)13-6-14-11/h6-8H,3-5H2,1-2H3,(H2,12,13,14)/t7-,8-/m1/s1. The molecule has 1 aliphatic rings. The summed E-state index contributed by atoms with van der Waals surface area (Å²) >= 11 is 0. The van der Waals surface area contributed by atoms with Crippen LogP contribution in [0.5, 0.6) is 0 Å². The summed E-state index contributed by atoms with van der Waals surface area (Å²) in [6.07, 6.45) is 2.41. The fourth-order valence-corrected chi connectivity index (χ4v) is 2.63. The number of nitro groups is 1. The Kier molecular flexibility index (Phi) is 3.31. The number of hydrogen-bond donors (Lipinski definition) is 1. The minimum Gasteiger partial charge on any atom is -0.378 e. The van der Waals surface area contributed by atoms with Gasteiger partial charge < -0.3 is 10.6 Å². The van der Waals surface area contributed by atoms with Gasteiger partial charge in [-0.05, 0) is 18.3 Å². The summed E-state index contributed by atoms with van der Waals surface area (Å²) < 4.78 is 0. The lowest BCUT2D eigenvalue weighted by Crippen LogP contribution is -2.39. The maximum Gasteiger partial charge on any atom is 0.353 e. The van der Waals surface area contributed by atoms with E-state index in [0.717, 1.165) is 19.5 Å². The molecule has 18 heavy (non-hydrogen) atoms. The van der Waals surface area contributed by atoms with Gasteiger partial charge in [0.2, 0.25) is 11.6 Å². The molecule has 0 radical (unpaired) electrons. The van der Waals surface area contributed by atoms with Gasteiger partial charge in [-0.3, -0.25) is 10.1 Å². The predicted molar refractivity (Wildman–Crippen MR) is 68.3 cm³/mol. The Labute approximate surface area is 105 Å². The number of aromatic nitrogens is 2. The SMILES string of the molecule is C[C@@H]1C[C@@H](C)CN(c2ncnc(N)c2[N+](=O)[O-])C1. The van der Waals surface area contributed by atoms with Crippen LogP contribution in [0.2, 0.25) is 0 Å². The third-order valence-electron chi connectivity index (χ3n) is 3.18. The molecule has 0 saturated carbocycles. The topological polar surface area (TPSA) is 98.2 Å². The van der Waals surface area contributed by atoms with E-state index in [-0.39, 0.29) is 11.5 Å². The minimum atomic E-state index is -0.505. The summed E-state index contributed by atoms with van der Waals surface area (Å²) in [4.78, 5) is 20.2. The molecule has 2 heterocycles. The molecule has 0 bridgehead atoms. The highest BCUT2D eigenvalue weighted by atomic mass is 16.6. The van der Waals surface area contributed by atoms with E-state index in [9.17, 15) is 10.1 Å². The van der Waals surface area contributed by atoms with Crippen molar-refractivity contribution in [1.29, 1.82) is 0 Å². The summed E-state index contributed by atoms with van der Waals surface area (Å²) in [6, 6.07) is 0. The Hall–Kier alpha value is -1.92. The van der Waals surface area contributed by atoms with Crippen LogP contribution in [-0.2, 0) is 0 Å². The van der Waals surface area contributed by atoms with E-state index in [1.807, 2.05) is 4.90 Å². The van der Waals surface area contributed by atoms with Crippen LogP contribution in [0.25, 0.3) is 0 Å². The molecule has 7 nitrogen and oxygen atoms in total. The lowest BCUT2D eigenvalue weighted by Gasteiger charge is -2.35. The van der Waals surface area contributed by atoms with Crippen molar-refractivity contribution in [2.45, 2.75) is 20.3 Å². The van der Waals surface area contributed by atoms with Crippen molar-refractivity contribution >= 4 is 17.3 Å². The zero-order chi connectivity index (χ0) is 13.3. The summed E-state index contributed by atoms with van der Waals surface area (Å²) in [5.41, 5.74) is 5.40. The van der Waals surface area contributed by atoms with Gasteiger partial charge in [0.15, 0.2) is 0 Å². The third-order valence-corrected chi connectivity index (χ3v) is 3.18. The second-order valence-corrected chi connectivity index (χ2v) is 5.04. The van der Waals surface area contributed by atoms with Gasteiger partial charge in [0, 0.05) is 13.1 Å². The van der Waals surface area contributed by atoms with Gasteiger partial charge in [0.25, 0.3) is 0 Å². The first kappa shape index (κ1) is 12.5. The van der Waals surface area contributed by atoms with E-state index in [2.05, 4.69) is 23.8 Å². The number of nitrogens with zero attached hydrogens (tertiary/aromatic N) is 4. The maximum absolute atomic E-state index is 11.1. The van der Waals surface area contributed by atoms with Crippen LogP contribution in [0.15, 0.2) is 6.33 Å². The van der Waals surface area contributed by atoms with E-state index >= 15 is 0 Å². The molecule has 1 aromatic heterocycles. The van der Waals surface area contributed by atoms with Crippen molar-refractivity contribution in [3.8, 4) is 0 Å². The van der Waals surface area contributed by atoms with Crippen molar-refractivity contribution in [3.05, 3.63) is 16.4 Å². The van der Waals surface area contributed by atoms with Gasteiger partial charge in [-0.2, -0.15) is 0 Å². The molecule has 0 aliphatic carbocycles. The Morgan fingerprint density at radius 2 is 2.00 bits per heavy atom. The van der Waals surface area contributed by atoms with E-state index < -0.39 is 4.92 Å². The first-order valence-electron chi connectivity index (χ1n) is 5.98. The van der Waals surface area contributed by atoms with Crippen molar-refractivity contribution < 1.29 is 4.92 Å². The van der Waals surface area contributed by atoms with Crippen LogP contribution in [0.3, 0.4) is 0 Å². The van der Waals surface area contributed by atoms with Gasteiger partial charge in [-0.25, -0.2) is 9.97 Å². The highest BCUT2D eigenvalue weighted by Gasteiger charge is 2.30. The smallest absolute Gasteiger partial charge is 0.353 e. The zero-order valence-electron chi connectivity index (χ0n) is 10.5. The fourth-order valence-electron chi connectivity index (χ4n) is 2.63. The van der Waals surface area contributed by atoms with Gasteiger partial charge >= 0.3 is 5.69 Å². The molecule has 0 unspecified atom stereocenters. The molecule has 7 heteroatoms. The Bertz CT molecular complexity index is 455. The largest absolute Gasteiger partial charge is 0.378 e. The quantitative estimate of drug-likeness (QED) is 0.631. The van der Waals surface area contributed by atoms with Crippen LogP contribution in [0.4, 0.5) is 17.3 Å². The second kappa shape index (κ2) is 4.75. The van der Waals surface area contributed by atoms with Gasteiger partial charge in [-0.1, -0.05) is 13.8 Å². The Morgan fingerprint density at radius 3 is 2.56 bits per heavy atom. The second-order valence-electron chi connectivity index (χ2n) is 5.04. The summed E-state index contributed by atoms with van der Waals surface area (Å²) in [6.45, 7) is 5.81. The van der Waals surface area contributed by atoms with Crippen molar-refractivity contribution in [3.63, 3.8) is 0 Å². The fraction of sp³-hybridized carbons (Fsp3) is 0.636. The Morgan fingerprint density at radius 1 is 1.39 bits per heavy atom. The molecule has 2 N–H and O–H groups in total. The first-order valence-corrected chi connectivity index (χ1v) is 5.98. The lowest BCUT2D eigenvalue weighted by atomic mass is 9.92. The third kappa shape index (κ3) is 2.34. The minimum absolute atomic E-state index is 0.0733. The van der Waals surface area contributed by atoms with E-state index in [1.54, 1.807) is 0 Å². The van der Waals surface area contributed by atoms with Crippen molar-refractivity contribution in [2.75, 3.05) is 23.7 Å². The molecule has 0 amide bonds. The van der Waals surface area contributed by atoms with Crippen molar-refractivity contribution in [2.24, 2.45) is 11.8 Å². The number of nitrogens with two attached hydrogens (primary N) is 1. The van der Waals surface area contributed by atoms with Gasteiger partial charge in [0.1, 0.15) is 6.33 Å². The van der Waals surface area contributed by atoms with Gasteiger partial charge in [0.05, 0.1) is 4.92 Å². The highest BCUT2D eigenvalue weighted by Crippen LogP contribution is 2.33. The predicted octanol–water partition coefficient (Wildman–Crippen LogP) is 1.45. The number of piperidine rings is 1. The summed E-state index contributed by atoms with van der Waals surface area (Å²) in [5.74, 6) is 1.25. The molecule has 2 atom stereocenters.